The van der Waals surface area contributed by atoms with Crippen LogP contribution in [0.25, 0.3) is 0 Å². The molecule has 0 bridgehead atoms. The molecule has 1 aromatic carbocycles. The van der Waals surface area contributed by atoms with E-state index in [4.69, 9.17) is 4.74 Å². The number of rotatable bonds is 6. The number of benzene rings is 1. The fourth-order valence-electron chi connectivity index (χ4n) is 3.22. The molecule has 2 atom stereocenters. The van der Waals surface area contributed by atoms with Crippen molar-refractivity contribution >= 4 is 11.8 Å². The van der Waals surface area contributed by atoms with Crippen LogP contribution in [0.3, 0.4) is 0 Å². The molecule has 1 aromatic rings. The fraction of sp³-hybridized carbons (Fsp3) is 0.647. The average molecular weight is 291 g/mol. The molecular formula is C17H25NOS. The maximum Gasteiger partial charge on any atom is 0.0726 e. The minimum absolute atomic E-state index is 0.431. The van der Waals surface area contributed by atoms with E-state index in [1.54, 1.807) is 11.1 Å². The smallest absolute Gasteiger partial charge is 0.0726 e. The highest BCUT2D eigenvalue weighted by molar-refractivity contribution is 7.99. The van der Waals surface area contributed by atoms with Gasteiger partial charge in [-0.2, -0.15) is 0 Å². The molecule has 1 N–H and O–H groups in total. The van der Waals surface area contributed by atoms with E-state index in [0.29, 0.717) is 12.1 Å². The monoisotopic (exact) mass is 291 g/mol. The van der Waals surface area contributed by atoms with Gasteiger partial charge in [-0.15, -0.1) is 11.8 Å². The Morgan fingerprint density at radius 3 is 3.05 bits per heavy atom. The molecular weight excluding hydrogens is 266 g/mol. The van der Waals surface area contributed by atoms with Gasteiger partial charge in [0.2, 0.25) is 0 Å². The summed E-state index contributed by atoms with van der Waals surface area (Å²) in [4.78, 5) is 1.43. The highest BCUT2D eigenvalue weighted by atomic mass is 32.2. The predicted molar refractivity (Wildman–Crippen MR) is 85.6 cm³/mol. The van der Waals surface area contributed by atoms with Gasteiger partial charge in [0.25, 0.3) is 0 Å². The summed E-state index contributed by atoms with van der Waals surface area (Å²) in [5.41, 5.74) is 3.15. The van der Waals surface area contributed by atoms with Gasteiger partial charge in [0.15, 0.2) is 0 Å². The first-order valence-electron chi connectivity index (χ1n) is 7.92. The van der Waals surface area contributed by atoms with Crippen LogP contribution < -0.4 is 5.32 Å². The van der Waals surface area contributed by atoms with Crippen molar-refractivity contribution in [1.82, 2.24) is 5.32 Å². The SMILES string of the molecule is CC(NCCSc1ccc2c(c1)CCC2)C1CCCO1. The number of fused-ring (bicyclic) bond motifs is 1. The molecule has 1 aliphatic heterocycles. The number of aryl methyl sites for hydroxylation is 2. The molecule has 2 nitrogen and oxygen atoms in total. The summed E-state index contributed by atoms with van der Waals surface area (Å²) in [6.45, 7) is 4.25. The lowest BCUT2D eigenvalue weighted by Gasteiger charge is -2.19. The predicted octanol–water partition coefficient (Wildman–Crippen LogP) is 3.42. The molecule has 2 aliphatic rings. The van der Waals surface area contributed by atoms with E-state index < -0.39 is 0 Å². The largest absolute Gasteiger partial charge is 0.377 e. The Morgan fingerprint density at radius 1 is 1.30 bits per heavy atom. The van der Waals surface area contributed by atoms with Crippen LogP contribution in [0.15, 0.2) is 23.1 Å². The van der Waals surface area contributed by atoms with E-state index in [0.717, 1.165) is 18.9 Å². The topological polar surface area (TPSA) is 21.3 Å². The maximum atomic E-state index is 5.71. The van der Waals surface area contributed by atoms with Gasteiger partial charge in [-0.25, -0.2) is 0 Å². The molecule has 1 saturated heterocycles. The van der Waals surface area contributed by atoms with Crippen molar-refractivity contribution in [3.63, 3.8) is 0 Å². The van der Waals surface area contributed by atoms with E-state index in [9.17, 15) is 0 Å². The van der Waals surface area contributed by atoms with Crippen molar-refractivity contribution in [3.8, 4) is 0 Å². The third-order valence-electron chi connectivity index (χ3n) is 4.43. The summed E-state index contributed by atoms with van der Waals surface area (Å²) in [6, 6.07) is 7.50. The second kappa shape index (κ2) is 6.97. The van der Waals surface area contributed by atoms with Crippen LogP contribution in [0.1, 0.15) is 37.3 Å². The first-order chi connectivity index (χ1) is 9.83. The molecule has 1 aliphatic carbocycles. The number of thioether (sulfide) groups is 1. The summed E-state index contributed by atoms with van der Waals surface area (Å²) in [5.74, 6) is 1.13. The van der Waals surface area contributed by atoms with Gasteiger partial charge < -0.3 is 10.1 Å². The van der Waals surface area contributed by atoms with Gasteiger partial charge in [0.05, 0.1) is 6.10 Å². The van der Waals surface area contributed by atoms with Crippen molar-refractivity contribution in [3.05, 3.63) is 29.3 Å². The van der Waals surface area contributed by atoms with Crippen LogP contribution >= 0.6 is 11.8 Å². The lowest BCUT2D eigenvalue weighted by molar-refractivity contribution is 0.0844. The normalized spacial score (nSPS) is 22.9. The van der Waals surface area contributed by atoms with Crippen molar-refractivity contribution < 1.29 is 4.74 Å². The molecule has 0 radical (unpaired) electrons. The van der Waals surface area contributed by atoms with E-state index in [-0.39, 0.29) is 0 Å². The van der Waals surface area contributed by atoms with Crippen molar-refractivity contribution in [1.29, 1.82) is 0 Å². The highest BCUT2D eigenvalue weighted by Gasteiger charge is 2.21. The van der Waals surface area contributed by atoms with Crippen LogP contribution in [0, 0.1) is 0 Å². The highest BCUT2D eigenvalue weighted by Crippen LogP contribution is 2.27. The summed E-state index contributed by atoms with van der Waals surface area (Å²) in [5, 5.41) is 3.60. The van der Waals surface area contributed by atoms with Gasteiger partial charge in [-0.1, -0.05) is 6.07 Å². The molecule has 0 aromatic heterocycles. The molecule has 3 rings (SSSR count). The third kappa shape index (κ3) is 3.57. The number of ether oxygens (including phenoxy) is 1. The van der Waals surface area contributed by atoms with Crippen molar-refractivity contribution in [2.24, 2.45) is 0 Å². The van der Waals surface area contributed by atoms with E-state index >= 15 is 0 Å². The molecule has 3 heteroatoms. The molecule has 1 fully saturated rings. The third-order valence-corrected chi connectivity index (χ3v) is 5.43. The quantitative estimate of drug-likeness (QED) is 0.641. The van der Waals surface area contributed by atoms with Crippen LogP contribution in [-0.2, 0) is 17.6 Å². The minimum atomic E-state index is 0.431. The zero-order chi connectivity index (χ0) is 13.8. The molecule has 2 unspecified atom stereocenters. The van der Waals surface area contributed by atoms with Gasteiger partial charge >= 0.3 is 0 Å². The summed E-state index contributed by atoms with van der Waals surface area (Å²) in [7, 11) is 0. The number of hydrogen-bond acceptors (Lipinski definition) is 3. The first kappa shape index (κ1) is 14.4. The average Bonchev–Trinajstić information content (AvgIpc) is 3.13. The summed E-state index contributed by atoms with van der Waals surface area (Å²) >= 11 is 1.97. The van der Waals surface area contributed by atoms with E-state index in [2.05, 4.69) is 30.4 Å². The minimum Gasteiger partial charge on any atom is -0.377 e. The zero-order valence-corrected chi connectivity index (χ0v) is 13.2. The van der Waals surface area contributed by atoms with Crippen molar-refractivity contribution in [2.75, 3.05) is 18.9 Å². The second-order valence-electron chi connectivity index (χ2n) is 5.93. The molecule has 110 valence electrons. The number of nitrogens with one attached hydrogen (secondary N) is 1. The lowest BCUT2D eigenvalue weighted by atomic mass is 10.1. The summed E-state index contributed by atoms with van der Waals surface area (Å²) < 4.78 is 5.71. The Kier molecular flexibility index (Phi) is 5.03. The van der Waals surface area contributed by atoms with Gasteiger partial charge in [-0.3, -0.25) is 0 Å². The number of hydrogen-bond donors (Lipinski definition) is 1. The van der Waals surface area contributed by atoms with Crippen LogP contribution in [0.4, 0.5) is 0 Å². The standard InChI is InChI=1S/C17H25NOS/c1-13(17-6-3-10-19-17)18-9-11-20-16-8-7-14-4-2-5-15(14)12-16/h7-8,12-13,17-18H,2-6,9-11H2,1H3. The van der Waals surface area contributed by atoms with Gasteiger partial charge in [0, 0.05) is 29.8 Å². The van der Waals surface area contributed by atoms with Crippen LogP contribution in [0.5, 0.6) is 0 Å². The summed E-state index contributed by atoms with van der Waals surface area (Å²) in [6.07, 6.45) is 6.76. The Hall–Kier alpha value is -0.510. The van der Waals surface area contributed by atoms with E-state index in [1.165, 1.54) is 37.0 Å². The molecule has 1 heterocycles. The second-order valence-corrected chi connectivity index (χ2v) is 7.10. The van der Waals surface area contributed by atoms with Crippen LogP contribution in [0.2, 0.25) is 0 Å². The maximum absolute atomic E-state index is 5.71. The Labute approximate surface area is 126 Å². The van der Waals surface area contributed by atoms with Crippen molar-refractivity contribution in [2.45, 2.75) is 56.1 Å². The molecule has 0 saturated carbocycles. The van der Waals surface area contributed by atoms with Gasteiger partial charge in [-0.05, 0) is 62.3 Å². The fourth-order valence-corrected chi connectivity index (χ4v) is 4.07. The van der Waals surface area contributed by atoms with Gasteiger partial charge in [0.1, 0.15) is 0 Å². The van der Waals surface area contributed by atoms with Crippen LogP contribution in [-0.4, -0.2) is 31.1 Å². The molecule has 0 spiro atoms. The van der Waals surface area contributed by atoms with E-state index in [1.807, 2.05) is 11.8 Å². The molecule has 0 amide bonds. The zero-order valence-electron chi connectivity index (χ0n) is 12.4. The first-order valence-corrected chi connectivity index (χ1v) is 8.91. The Bertz CT molecular complexity index is 443. The molecule has 20 heavy (non-hydrogen) atoms. The Balaban J connectivity index is 1.39. The Morgan fingerprint density at radius 2 is 2.20 bits per heavy atom. The lowest BCUT2D eigenvalue weighted by Crippen LogP contribution is -2.38.